The summed E-state index contributed by atoms with van der Waals surface area (Å²) in [6.45, 7) is 1.75. The molecule has 2 aliphatic rings. The molecule has 0 saturated heterocycles. The van der Waals surface area contributed by atoms with Crippen LogP contribution < -0.4 is 5.73 Å². The van der Waals surface area contributed by atoms with Crippen LogP contribution in [0.4, 0.5) is 5.69 Å². The molecule has 0 aliphatic heterocycles. The monoisotopic (exact) mass is 278 g/mol. The van der Waals surface area contributed by atoms with Gasteiger partial charge in [0.1, 0.15) is 0 Å². The van der Waals surface area contributed by atoms with E-state index in [4.69, 9.17) is 17.3 Å². The van der Waals surface area contributed by atoms with Crippen molar-refractivity contribution in [1.29, 1.82) is 0 Å². The zero-order valence-corrected chi connectivity index (χ0v) is 11.7. The molecule has 102 valence electrons. The van der Waals surface area contributed by atoms with Gasteiger partial charge >= 0.3 is 0 Å². The summed E-state index contributed by atoms with van der Waals surface area (Å²) in [5.41, 5.74) is 6.90. The summed E-state index contributed by atoms with van der Waals surface area (Å²) in [6, 6.07) is 5.12. The lowest BCUT2D eigenvalue weighted by Gasteiger charge is -2.23. The SMILES string of the molecule is Nc1ccc(Cl)c(C(=O)N(CC2CC2)CC2CC2)c1. The van der Waals surface area contributed by atoms with Crippen molar-refractivity contribution in [3.8, 4) is 0 Å². The number of hydrogen-bond donors (Lipinski definition) is 1. The van der Waals surface area contributed by atoms with E-state index in [-0.39, 0.29) is 5.91 Å². The molecule has 3 nitrogen and oxygen atoms in total. The second-order valence-corrected chi connectivity index (χ2v) is 6.24. The molecule has 1 aromatic rings. The summed E-state index contributed by atoms with van der Waals surface area (Å²) in [5, 5.41) is 0.496. The molecular weight excluding hydrogens is 260 g/mol. The molecule has 2 N–H and O–H groups in total. The second-order valence-electron chi connectivity index (χ2n) is 5.84. The fourth-order valence-electron chi connectivity index (χ4n) is 2.34. The third kappa shape index (κ3) is 3.21. The van der Waals surface area contributed by atoms with Crippen LogP contribution in [0.5, 0.6) is 0 Å². The van der Waals surface area contributed by atoms with Gasteiger partial charge in [0, 0.05) is 18.8 Å². The highest BCUT2D eigenvalue weighted by Gasteiger charge is 2.32. The summed E-state index contributed by atoms with van der Waals surface area (Å²) in [6.07, 6.45) is 5.00. The molecule has 2 fully saturated rings. The van der Waals surface area contributed by atoms with Crippen LogP contribution in [0.3, 0.4) is 0 Å². The minimum absolute atomic E-state index is 0.0381. The molecule has 0 aromatic heterocycles. The van der Waals surface area contributed by atoms with Gasteiger partial charge in [-0.25, -0.2) is 0 Å². The Balaban J connectivity index is 1.78. The maximum absolute atomic E-state index is 12.6. The van der Waals surface area contributed by atoms with Gasteiger partial charge < -0.3 is 10.6 Å². The molecule has 19 heavy (non-hydrogen) atoms. The van der Waals surface area contributed by atoms with Gasteiger partial charge in [0.15, 0.2) is 0 Å². The normalized spacial score (nSPS) is 18.4. The third-order valence-electron chi connectivity index (χ3n) is 3.86. The zero-order valence-electron chi connectivity index (χ0n) is 10.9. The molecule has 4 heteroatoms. The van der Waals surface area contributed by atoms with E-state index in [9.17, 15) is 4.79 Å². The zero-order chi connectivity index (χ0) is 13.4. The van der Waals surface area contributed by atoms with Gasteiger partial charge in [0.25, 0.3) is 5.91 Å². The van der Waals surface area contributed by atoms with Crippen LogP contribution in [0, 0.1) is 11.8 Å². The van der Waals surface area contributed by atoms with Crippen molar-refractivity contribution in [2.24, 2.45) is 11.8 Å². The molecule has 0 radical (unpaired) electrons. The van der Waals surface area contributed by atoms with Crippen molar-refractivity contribution >= 4 is 23.2 Å². The molecule has 2 aliphatic carbocycles. The molecule has 1 aromatic carbocycles. The lowest BCUT2D eigenvalue weighted by Crippen LogP contribution is -2.35. The summed E-state index contributed by atoms with van der Waals surface area (Å²) in [4.78, 5) is 14.6. The van der Waals surface area contributed by atoms with E-state index < -0.39 is 0 Å². The van der Waals surface area contributed by atoms with Crippen LogP contribution >= 0.6 is 11.6 Å². The number of halogens is 1. The van der Waals surface area contributed by atoms with E-state index in [2.05, 4.69) is 0 Å². The predicted molar refractivity (Wildman–Crippen MR) is 77.2 cm³/mol. The topological polar surface area (TPSA) is 46.3 Å². The smallest absolute Gasteiger partial charge is 0.255 e. The summed E-state index contributed by atoms with van der Waals surface area (Å²) >= 11 is 6.14. The van der Waals surface area contributed by atoms with Gasteiger partial charge in [-0.3, -0.25) is 4.79 Å². The standard InChI is InChI=1S/C15H19ClN2O/c16-14-6-5-12(17)7-13(14)15(19)18(8-10-1-2-10)9-11-3-4-11/h5-7,10-11H,1-4,8-9,17H2. The maximum Gasteiger partial charge on any atom is 0.255 e. The highest BCUT2D eigenvalue weighted by Crippen LogP contribution is 2.34. The lowest BCUT2D eigenvalue weighted by molar-refractivity contribution is 0.0740. The molecular formula is C15H19ClN2O. The van der Waals surface area contributed by atoms with Gasteiger partial charge in [-0.2, -0.15) is 0 Å². The Hall–Kier alpha value is -1.22. The minimum Gasteiger partial charge on any atom is -0.399 e. The molecule has 1 amide bonds. The Kier molecular flexibility index (Phi) is 3.40. The van der Waals surface area contributed by atoms with Gasteiger partial charge in [-0.05, 0) is 55.7 Å². The number of amides is 1. The summed E-state index contributed by atoms with van der Waals surface area (Å²) in [7, 11) is 0. The van der Waals surface area contributed by atoms with Crippen molar-refractivity contribution in [3.05, 3.63) is 28.8 Å². The fourth-order valence-corrected chi connectivity index (χ4v) is 2.54. The number of rotatable bonds is 5. The Bertz CT molecular complexity index is 481. The van der Waals surface area contributed by atoms with Crippen molar-refractivity contribution < 1.29 is 4.79 Å². The molecule has 0 heterocycles. The first-order valence-electron chi connectivity index (χ1n) is 6.98. The van der Waals surface area contributed by atoms with Crippen LogP contribution in [0.1, 0.15) is 36.0 Å². The van der Waals surface area contributed by atoms with E-state index >= 15 is 0 Å². The van der Waals surface area contributed by atoms with Crippen LogP contribution in [-0.4, -0.2) is 23.9 Å². The average molecular weight is 279 g/mol. The second kappa shape index (κ2) is 5.04. The van der Waals surface area contributed by atoms with Gasteiger partial charge in [-0.1, -0.05) is 11.6 Å². The first-order chi connectivity index (χ1) is 9.13. The van der Waals surface area contributed by atoms with E-state index in [0.29, 0.717) is 28.1 Å². The van der Waals surface area contributed by atoms with Crippen LogP contribution in [-0.2, 0) is 0 Å². The van der Waals surface area contributed by atoms with Gasteiger partial charge in [0.05, 0.1) is 10.6 Å². The van der Waals surface area contributed by atoms with E-state index in [1.807, 2.05) is 4.90 Å². The molecule has 3 rings (SSSR count). The predicted octanol–water partition coefficient (Wildman–Crippen LogP) is 3.18. The number of carbonyl (C=O) groups is 1. The Morgan fingerprint density at radius 2 is 1.79 bits per heavy atom. The first-order valence-corrected chi connectivity index (χ1v) is 7.35. The molecule has 0 bridgehead atoms. The van der Waals surface area contributed by atoms with Gasteiger partial charge in [-0.15, -0.1) is 0 Å². The Morgan fingerprint density at radius 1 is 1.21 bits per heavy atom. The number of nitrogens with zero attached hydrogens (tertiary/aromatic N) is 1. The largest absolute Gasteiger partial charge is 0.399 e. The van der Waals surface area contributed by atoms with Crippen LogP contribution in [0.15, 0.2) is 18.2 Å². The molecule has 0 spiro atoms. The first kappa shape index (κ1) is 12.8. The number of anilines is 1. The number of nitrogen functional groups attached to an aromatic ring is 1. The van der Waals surface area contributed by atoms with E-state index in [1.165, 1.54) is 25.7 Å². The van der Waals surface area contributed by atoms with Crippen molar-refractivity contribution in [2.45, 2.75) is 25.7 Å². The maximum atomic E-state index is 12.6. The van der Waals surface area contributed by atoms with E-state index in [0.717, 1.165) is 13.1 Å². The Morgan fingerprint density at radius 3 is 2.32 bits per heavy atom. The van der Waals surface area contributed by atoms with Crippen molar-refractivity contribution in [2.75, 3.05) is 18.8 Å². The van der Waals surface area contributed by atoms with Gasteiger partial charge in [0.2, 0.25) is 0 Å². The van der Waals surface area contributed by atoms with E-state index in [1.54, 1.807) is 18.2 Å². The highest BCUT2D eigenvalue weighted by atomic mass is 35.5. The Labute approximate surface area is 118 Å². The lowest BCUT2D eigenvalue weighted by atomic mass is 10.1. The third-order valence-corrected chi connectivity index (χ3v) is 4.19. The number of nitrogens with two attached hydrogens (primary N) is 1. The highest BCUT2D eigenvalue weighted by molar-refractivity contribution is 6.34. The summed E-state index contributed by atoms with van der Waals surface area (Å²) < 4.78 is 0. The molecule has 2 saturated carbocycles. The molecule has 0 unspecified atom stereocenters. The minimum atomic E-state index is 0.0381. The fraction of sp³-hybridized carbons (Fsp3) is 0.533. The quantitative estimate of drug-likeness (QED) is 0.841. The number of benzene rings is 1. The average Bonchev–Trinajstić information content (AvgIpc) is 3.25. The molecule has 0 atom stereocenters. The van der Waals surface area contributed by atoms with Crippen molar-refractivity contribution in [3.63, 3.8) is 0 Å². The summed E-state index contributed by atoms with van der Waals surface area (Å²) in [5.74, 6) is 1.43. The van der Waals surface area contributed by atoms with Crippen LogP contribution in [0.2, 0.25) is 5.02 Å². The number of hydrogen-bond acceptors (Lipinski definition) is 2. The van der Waals surface area contributed by atoms with Crippen LogP contribution in [0.25, 0.3) is 0 Å². The number of carbonyl (C=O) groups excluding carboxylic acids is 1. The van der Waals surface area contributed by atoms with Crippen molar-refractivity contribution in [1.82, 2.24) is 4.90 Å².